The molecule has 5 aromatic heterocycles. The minimum absolute atomic E-state index is 0.593. The van der Waals surface area contributed by atoms with Crippen molar-refractivity contribution in [1.82, 2.24) is 14.6 Å². The summed E-state index contributed by atoms with van der Waals surface area (Å²) >= 11 is 0. The van der Waals surface area contributed by atoms with E-state index >= 15 is 0 Å². The second-order valence-electron chi connectivity index (χ2n) is 9.58. The van der Waals surface area contributed by atoms with Crippen molar-refractivity contribution in [2.45, 2.75) is 5.66 Å². The third-order valence-corrected chi connectivity index (χ3v) is 8.18. The Morgan fingerprint density at radius 1 is 0.743 bits per heavy atom. The normalized spacial score (nSPS) is 18.1. The van der Waals surface area contributed by atoms with Gasteiger partial charge in [-0.1, -0.05) is 6.07 Å². The van der Waals surface area contributed by atoms with Gasteiger partial charge in [0.15, 0.2) is 17.3 Å². The van der Waals surface area contributed by atoms with Crippen LogP contribution in [0.1, 0.15) is 11.1 Å². The Morgan fingerprint density at radius 2 is 1.63 bits per heavy atom. The number of rotatable bonds is 0. The molecule has 0 saturated carbocycles. The van der Waals surface area contributed by atoms with Crippen molar-refractivity contribution in [2.75, 3.05) is 0 Å². The molecule has 2 aromatic carbocycles. The summed E-state index contributed by atoms with van der Waals surface area (Å²) in [6, 6.07) is 23.8. The molecule has 0 saturated heterocycles. The minimum atomic E-state index is -0.593. The highest BCUT2D eigenvalue weighted by atomic mass is 16.5. The molecule has 1 unspecified atom stereocenters. The Morgan fingerprint density at radius 3 is 2.60 bits per heavy atom. The molecule has 1 spiro atoms. The first-order valence-corrected chi connectivity index (χ1v) is 11.8. The van der Waals surface area contributed by atoms with E-state index in [4.69, 9.17) is 4.74 Å². The molecule has 0 amide bonds. The summed E-state index contributed by atoms with van der Waals surface area (Å²) < 4.78 is 13.9. The highest BCUT2D eigenvalue weighted by Gasteiger charge is 2.66. The Bertz CT molecular complexity index is 2160. The van der Waals surface area contributed by atoms with E-state index in [9.17, 15) is 0 Å². The van der Waals surface area contributed by atoms with Crippen LogP contribution in [0.25, 0.3) is 49.5 Å². The summed E-state index contributed by atoms with van der Waals surface area (Å²) in [5.74, 6) is 1.79. The Labute approximate surface area is 197 Å². The average molecular weight is 449 g/mol. The maximum absolute atomic E-state index is 6.67. The van der Waals surface area contributed by atoms with E-state index in [2.05, 4.69) is 103 Å². The number of nitrogens with zero attached hydrogens (tertiary/aromatic N) is 5. The molecule has 0 aliphatic carbocycles. The molecule has 0 N–H and O–H groups in total. The van der Waals surface area contributed by atoms with Gasteiger partial charge in [-0.05, 0) is 42.5 Å². The third kappa shape index (κ3) is 1.54. The average Bonchev–Trinajstić information content (AvgIpc) is 3.45. The van der Waals surface area contributed by atoms with E-state index in [1.807, 2.05) is 12.4 Å². The van der Waals surface area contributed by atoms with Crippen molar-refractivity contribution in [2.24, 2.45) is 0 Å². The van der Waals surface area contributed by atoms with E-state index in [1.165, 1.54) is 33.4 Å². The number of aromatic nitrogens is 5. The van der Waals surface area contributed by atoms with Gasteiger partial charge in [0.1, 0.15) is 22.6 Å². The van der Waals surface area contributed by atoms with E-state index in [0.29, 0.717) is 0 Å². The van der Waals surface area contributed by atoms with E-state index in [-0.39, 0.29) is 0 Å². The van der Waals surface area contributed by atoms with Gasteiger partial charge in [-0.2, -0.15) is 19.2 Å². The molecular formula is C29H15N5O+2. The van der Waals surface area contributed by atoms with Crippen LogP contribution in [0.4, 0.5) is 0 Å². The molecule has 6 heteroatoms. The SMILES string of the molecule is c1cc2c3c(c1)-c1cccc[n+]1C31c3c(ccc4c5cnncc5c5cc6ccc[n+]1c6n5c34)O2. The maximum Gasteiger partial charge on any atom is 0.374 e. The molecule has 0 bridgehead atoms. The van der Waals surface area contributed by atoms with Gasteiger partial charge < -0.3 is 4.74 Å². The number of fused-ring (bicyclic) bond motifs is 5. The number of ether oxygens (including phenoxy) is 1. The molecule has 10 rings (SSSR count). The standard InChI is InChI=1S/C29H15N5O/c1-2-11-32-21(7-1)18-6-3-8-23-25(18)29(32)26-24(35-23)10-9-17-19-14-30-31-15-20(19)22-13-16-5-4-12-33(29)28(16)34(22)27(17)26/h1-15H/q+2. The van der Waals surface area contributed by atoms with Crippen molar-refractivity contribution in [3.8, 4) is 22.8 Å². The van der Waals surface area contributed by atoms with Crippen LogP contribution < -0.4 is 13.9 Å². The molecule has 0 radical (unpaired) electrons. The summed E-state index contributed by atoms with van der Waals surface area (Å²) in [5, 5.41) is 13.1. The second kappa shape index (κ2) is 5.13. The smallest absolute Gasteiger partial charge is 0.374 e. The van der Waals surface area contributed by atoms with Crippen LogP contribution >= 0.6 is 0 Å². The largest absolute Gasteiger partial charge is 0.456 e. The van der Waals surface area contributed by atoms with Gasteiger partial charge >= 0.3 is 11.3 Å². The van der Waals surface area contributed by atoms with Gasteiger partial charge in [0.2, 0.25) is 5.69 Å². The summed E-state index contributed by atoms with van der Waals surface area (Å²) in [6.07, 6.45) is 8.20. The molecule has 160 valence electrons. The van der Waals surface area contributed by atoms with Crippen LogP contribution in [0, 0.1) is 0 Å². The highest BCUT2D eigenvalue weighted by Crippen LogP contribution is 2.55. The van der Waals surface area contributed by atoms with Crippen LogP contribution in [0.15, 0.2) is 91.5 Å². The molecule has 1 atom stereocenters. The zero-order valence-electron chi connectivity index (χ0n) is 18.3. The lowest BCUT2D eigenvalue weighted by atomic mass is 9.83. The molecular weight excluding hydrogens is 434 g/mol. The number of hydrogen-bond acceptors (Lipinski definition) is 3. The molecule has 0 fully saturated rings. The fraction of sp³-hybridized carbons (Fsp3) is 0.0345. The first-order valence-electron chi connectivity index (χ1n) is 11.8. The zero-order chi connectivity index (χ0) is 22.5. The van der Waals surface area contributed by atoms with E-state index in [1.54, 1.807) is 0 Å². The Hall–Kier alpha value is -4.84. The second-order valence-corrected chi connectivity index (χ2v) is 9.58. The minimum Gasteiger partial charge on any atom is -0.456 e. The topological polar surface area (TPSA) is 47.2 Å². The van der Waals surface area contributed by atoms with Crippen LogP contribution in [0.3, 0.4) is 0 Å². The number of benzene rings is 2. The molecule has 3 aliphatic heterocycles. The van der Waals surface area contributed by atoms with Crippen LogP contribution in [-0.4, -0.2) is 14.6 Å². The van der Waals surface area contributed by atoms with Gasteiger partial charge in [-0.25, -0.2) is 0 Å². The first kappa shape index (κ1) is 16.7. The third-order valence-electron chi connectivity index (χ3n) is 8.18. The van der Waals surface area contributed by atoms with Crippen molar-refractivity contribution in [1.29, 1.82) is 0 Å². The van der Waals surface area contributed by atoms with Crippen LogP contribution in [0.5, 0.6) is 11.5 Å². The van der Waals surface area contributed by atoms with Crippen LogP contribution in [-0.2, 0) is 5.66 Å². The molecule has 35 heavy (non-hydrogen) atoms. The van der Waals surface area contributed by atoms with Crippen molar-refractivity contribution in [3.63, 3.8) is 0 Å². The zero-order valence-corrected chi connectivity index (χ0v) is 18.3. The van der Waals surface area contributed by atoms with Crippen molar-refractivity contribution < 1.29 is 13.9 Å². The summed E-state index contributed by atoms with van der Waals surface area (Å²) in [4.78, 5) is 0. The lowest BCUT2D eigenvalue weighted by Crippen LogP contribution is -2.74. The summed E-state index contributed by atoms with van der Waals surface area (Å²) in [6.45, 7) is 0. The van der Waals surface area contributed by atoms with Gasteiger partial charge in [0, 0.05) is 29.0 Å². The maximum atomic E-state index is 6.67. The van der Waals surface area contributed by atoms with Crippen molar-refractivity contribution >= 4 is 38.2 Å². The Balaban J connectivity index is 1.61. The quantitative estimate of drug-likeness (QED) is 0.254. The van der Waals surface area contributed by atoms with Crippen LogP contribution in [0.2, 0.25) is 0 Å². The van der Waals surface area contributed by atoms with Crippen molar-refractivity contribution in [3.05, 3.63) is 103 Å². The monoisotopic (exact) mass is 449 g/mol. The van der Waals surface area contributed by atoms with Gasteiger partial charge in [-0.15, -0.1) is 4.57 Å². The van der Waals surface area contributed by atoms with E-state index in [0.717, 1.165) is 38.7 Å². The lowest BCUT2D eigenvalue weighted by molar-refractivity contribution is -0.954. The molecule has 3 aliphatic rings. The van der Waals surface area contributed by atoms with E-state index < -0.39 is 5.66 Å². The predicted octanol–water partition coefficient (Wildman–Crippen LogP) is 4.46. The number of hydrogen-bond donors (Lipinski definition) is 0. The predicted molar refractivity (Wildman–Crippen MR) is 129 cm³/mol. The highest BCUT2D eigenvalue weighted by molar-refractivity contribution is 6.16. The molecule has 6 nitrogen and oxygen atoms in total. The Kier molecular flexibility index (Phi) is 2.45. The first-order chi connectivity index (χ1) is 17.4. The fourth-order valence-electron chi connectivity index (χ4n) is 7.04. The van der Waals surface area contributed by atoms with Gasteiger partial charge in [0.25, 0.3) is 0 Å². The summed E-state index contributed by atoms with van der Waals surface area (Å²) in [7, 11) is 0. The lowest BCUT2D eigenvalue weighted by Gasteiger charge is -2.33. The molecule has 8 heterocycles. The summed E-state index contributed by atoms with van der Waals surface area (Å²) in [5.41, 5.74) is 7.63. The van der Waals surface area contributed by atoms with Gasteiger partial charge in [-0.3, -0.25) is 0 Å². The fourth-order valence-corrected chi connectivity index (χ4v) is 7.04. The number of pyridine rings is 3. The molecule has 7 aromatic rings. The van der Waals surface area contributed by atoms with Gasteiger partial charge in [0.05, 0.1) is 34.9 Å².